The second kappa shape index (κ2) is 6.01. The van der Waals surface area contributed by atoms with Gasteiger partial charge in [0.25, 0.3) is 0 Å². The molecular weight excluding hydrogens is 382 g/mol. The molecule has 1 nitrogen and oxygen atoms in total. The van der Waals surface area contributed by atoms with Gasteiger partial charge in [0.2, 0.25) is 0 Å². The normalized spacial score (nSPS) is 13.1. The summed E-state index contributed by atoms with van der Waals surface area (Å²) in [5.74, 6) is 0. The largest absolute Gasteiger partial charge is 0.256 e. The highest BCUT2D eigenvalue weighted by Gasteiger charge is 2.16. The first-order valence-corrected chi connectivity index (χ1v) is 11.1. The highest BCUT2D eigenvalue weighted by Crippen LogP contribution is 2.43. The molecule has 2 aromatic heterocycles. The highest BCUT2D eigenvalue weighted by atomic mass is 32.1. The predicted octanol–water partition coefficient (Wildman–Crippen LogP) is 7.99. The number of pyridine rings is 1. The van der Waals surface area contributed by atoms with Crippen molar-refractivity contribution >= 4 is 59.1 Å². The van der Waals surface area contributed by atoms with E-state index >= 15 is 0 Å². The molecule has 0 unspecified atom stereocenters. The summed E-state index contributed by atoms with van der Waals surface area (Å²) in [5.41, 5.74) is 4.98. The van der Waals surface area contributed by atoms with Crippen LogP contribution in [0.3, 0.4) is 0 Å². The van der Waals surface area contributed by atoms with Crippen molar-refractivity contribution in [3.63, 3.8) is 0 Å². The van der Waals surface area contributed by atoms with Gasteiger partial charge >= 0.3 is 0 Å². The zero-order valence-electron chi connectivity index (χ0n) is 16.2. The molecule has 0 saturated carbocycles. The van der Waals surface area contributed by atoms with Gasteiger partial charge in [0, 0.05) is 42.7 Å². The van der Waals surface area contributed by atoms with E-state index in [1.165, 1.54) is 58.4 Å². The molecule has 1 aliphatic carbocycles. The monoisotopic (exact) mass is 399 g/mol. The average Bonchev–Trinajstić information content (AvgIpc) is 3.17. The first-order chi connectivity index (χ1) is 14.8. The maximum atomic E-state index is 4.75. The van der Waals surface area contributed by atoms with Crippen LogP contribution in [0.15, 0.2) is 85.1 Å². The second-order valence-corrected chi connectivity index (χ2v) is 9.07. The summed E-state index contributed by atoms with van der Waals surface area (Å²) in [5, 5.41) is 7.92. The van der Waals surface area contributed by atoms with Gasteiger partial charge in [-0.25, -0.2) is 0 Å². The van der Waals surface area contributed by atoms with E-state index in [-0.39, 0.29) is 0 Å². The van der Waals surface area contributed by atoms with E-state index in [1.807, 2.05) is 17.5 Å². The maximum Gasteiger partial charge on any atom is 0.0708 e. The van der Waals surface area contributed by atoms with E-state index in [1.54, 1.807) is 0 Å². The lowest BCUT2D eigenvalue weighted by atomic mass is 9.91. The SMILES string of the molecule is C1=Cc2cccc3c2c(cc2c4cc(-c5cc6ccccc6cn5)ccc4sc32)C1. The maximum absolute atomic E-state index is 4.75. The summed E-state index contributed by atoms with van der Waals surface area (Å²) in [6.45, 7) is 0. The topological polar surface area (TPSA) is 12.9 Å². The summed E-state index contributed by atoms with van der Waals surface area (Å²) in [4.78, 5) is 4.75. The Kier molecular flexibility index (Phi) is 3.27. The van der Waals surface area contributed by atoms with Gasteiger partial charge in [-0.15, -0.1) is 11.3 Å². The standard InChI is InChI=1S/C28H17NS/c1-2-6-21-16-29-25(15-18(21)5-1)19-11-12-26-23(13-19)24-14-20-9-3-7-17-8-4-10-22(27(17)20)28(24)30-26/h1-8,10-16H,9H2. The van der Waals surface area contributed by atoms with Crippen LogP contribution in [-0.4, -0.2) is 4.98 Å². The number of rotatable bonds is 1. The number of thiophene rings is 1. The van der Waals surface area contributed by atoms with Crippen molar-refractivity contribution in [2.75, 3.05) is 0 Å². The van der Waals surface area contributed by atoms with E-state index in [4.69, 9.17) is 4.98 Å². The van der Waals surface area contributed by atoms with Crippen LogP contribution in [-0.2, 0) is 6.42 Å². The van der Waals surface area contributed by atoms with E-state index < -0.39 is 0 Å². The number of allylic oxidation sites excluding steroid dienone is 1. The van der Waals surface area contributed by atoms with Crippen LogP contribution in [0.4, 0.5) is 0 Å². The van der Waals surface area contributed by atoms with Crippen molar-refractivity contribution < 1.29 is 0 Å². The molecule has 2 heteroatoms. The van der Waals surface area contributed by atoms with E-state index in [0.717, 1.165) is 12.1 Å². The number of nitrogens with zero attached hydrogens (tertiary/aromatic N) is 1. The van der Waals surface area contributed by atoms with Crippen molar-refractivity contribution in [3.05, 3.63) is 96.2 Å². The zero-order chi connectivity index (χ0) is 19.7. The van der Waals surface area contributed by atoms with Crippen LogP contribution in [0.2, 0.25) is 0 Å². The first-order valence-electron chi connectivity index (χ1n) is 10.3. The fourth-order valence-electron chi connectivity index (χ4n) is 4.84. The molecule has 6 aromatic rings. The lowest BCUT2D eigenvalue weighted by Crippen LogP contribution is -1.92. The smallest absolute Gasteiger partial charge is 0.0708 e. The lowest BCUT2D eigenvalue weighted by Gasteiger charge is -2.13. The molecule has 30 heavy (non-hydrogen) atoms. The van der Waals surface area contributed by atoms with Crippen molar-refractivity contribution in [3.8, 4) is 11.3 Å². The lowest BCUT2D eigenvalue weighted by molar-refractivity contribution is 1.30. The van der Waals surface area contributed by atoms with E-state index in [0.29, 0.717) is 0 Å². The Morgan fingerprint density at radius 3 is 2.67 bits per heavy atom. The minimum Gasteiger partial charge on any atom is -0.256 e. The molecule has 0 N–H and O–H groups in total. The third kappa shape index (κ3) is 2.25. The van der Waals surface area contributed by atoms with Crippen LogP contribution in [0, 0.1) is 0 Å². The Bertz CT molecular complexity index is 1670. The van der Waals surface area contributed by atoms with E-state index in [9.17, 15) is 0 Å². The average molecular weight is 400 g/mol. The van der Waals surface area contributed by atoms with Gasteiger partial charge in [-0.05, 0) is 52.6 Å². The molecule has 0 aliphatic heterocycles. The van der Waals surface area contributed by atoms with E-state index in [2.05, 4.69) is 84.9 Å². The molecule has 1 aliphatic rings. The minimum atomic E-state index is 1.01. The molecule has 0 saturated heterocycles. The molecule has 4 aromatic carbocycles. The third-order valence-corrected chi connectivity index (χ3v) is 7.49. The Morgan fingerprint density at radius 2 is 1.70 bits per heavy atom. The van der Waals surface area contributed by atoms with Crippen molar-refractivity contribution in [2.24, 2.45) is 0 Å². The Balaban J connectivity index is 1.52. The van der Waals surface area contributed by atoms with Crippen LogP contribution >= 0.6 is 11.3 Å². The second-order valence-electron chi connectivity index (χ2n) is 8.02. The number of hydrogen-bond donors (Lipinski definition) is 0. The molecule has 0 atom stereocenters. The molecule has 0 radical (unpaired) electrons. The fourth-order valence-corrected chi connectivity index (χ4v) is 6.03. The van der Waals surface area contributed by atoms with Gasteiger partial charge in [0.05, 0.1) is 5.69 Å². The number of fused-ring (bicyclic) bond motifs is 5. The number of hydrogen-bond acceptors (Lipinski definition) is 2. The Labute approximate surface area is 177 Å². The predicted molar refractivity (Wildman–Crippen MR) is 130 cm³/mol. The molecule has 0 spiro atoms. The molecule has 0 amide bonds. The highest BCUT2D eigenvalue weighted by molar-refractivity contribution is 7.26. The van der Waals surface area contributed by atoms with Crippen LogP contribution in [0.5, 0.6) is 0 Å². The van der Waals surface area contributed by atoms with Gasteiger partial charge in [-0.1, -0.05) is 60.7 Å². The van der Waals surface area contributed by atoms with Crippen LogP contribution in [0.1, 0.15) is 11.1 Å². The summed E-state index contributed by atoms with van der Waals surface area (Å²) < 4.78 is 2.73. The van der Waals surface area contributed by atoms with Crippen molar-refractivity contribution in [2.45, 2.75) is 6.42 Å². The third-order valence-electron chi connectivity index (χ3n) is 6.27. The molecule has 0 bridgehead atoms. The first kappa shape index (κ1) is 16.3. The summed E-state index contributed by atoms with van der Waals surface area (Å²) in [7, 11) is 0. The quantitative estimate of drug-likeness (QED) is 0.273. The zero-order valence-corrected chi connectivity index (χ0v) is 17.0. The Morgan fingerprint density at radius 1 is 0.767 bits per heavy atom. The van der Waals surface area contributed by atoms with Gasteiger partial charge < -0.3 is 0 Å². The summed E-state index contributed by atoms with van der Waals surface area (Å²) in [6.07, 6.45) is 7.53. The molecular formula is C28H17NS. The van der Waals surface area contributed by atoms with Crippen molar-refractivity contribution in [1.29, 1.82) is 0 Å². The van der Waals surface area contributed by atoms with Crippen LogP contribution < -0.4 is 0 Å². The van der Waals surface area contributed by atoms with Crippen molar-refractivity contribution in [1.82, 2.24) is 4.98 Å². The fraction of sp³-hybridized carbons (Fsp3) is 0.0357. The summed E-state index contributed by atoms with van der Waals surface area (Å²) in [6, 6.07) is 26.5. The number of aromatic nitrogens is 1. The molecule has 0 fully saturated rings. The van der Waals surface area contributed by atoms with Gasteiger partial charge in [0.15, 0.2) is 0 Å². The summed E-state index contributed by atoms with van der Waals surface area (Å²) >= 11 is 1.91. The molecule has 2 heterocycles. The van der Waals surface area contributed by atoms with Gasteiger partial charge in [-0.2, -0.15) is 0 Å². The van der Waals surface area contributed by atoms with Crippen LogP contribution in [0.25, 0.3) is 59.1 Å². The molecule has 140 valence electrons. The number of benzene rings is 4. The molecule has 7 rings (SSSR count). The minimum absolute atomic E-state index is 1.01. The van der Waals surface area contributed by atoms with Gasteiger partial charge in [-0.3, -0.25) is 4.98 Å². The van der Waals surface area contributed by atoms with Gasteiger partial charge in [0.1, 0.15) is 0 Å². The Hall–Kier alpha value is -3.49.